The Morgan fingerprint density at radius 3 is 2.46 bits per heavy atom. The van der Waals surface area contributed by atoms with Gasteiger partial charge in [0, 0.05) is 11.1 Å². The van der Waals surface area contributed by atoms with E-state index in [4.69, 9.17) is 5.73 Å². The van der Waals surface area contributed by atoms with Gasteiger partial charge in [-0.15, -0.1) is 0 Å². The number of benzene rings is 2. The summed E-state index contributed by atoms with van der Waals surface area (Å²) in [5.41, 5.74) is 9.33. The van der Waals surface area contributed by atoms with Crippen molar-refractivity contribution in [2.24, 2.45) is 0 Å². The quantitative estimate of drug-likeness (QED) is 0.606. The van der Waals surface area contributed by atoms with Crippen LogP contribution in [-0.4, -0.2) is 0 Å². The molecule has 0 saturated heterocycles. The lowest BCUT2D eigenvalue weighted by atomic mass is 10.0. The number of aryl methyl sites for hydroxylation is 2. The minimum absolute atomic E-state index is 0.913. The number of nitrogens with two attached hydrogens (primary N) is 1. The molecule has 1 nitrogen and oxygen atoms in total. The Labute approximate surface area is 78.2 Å². The molecule has 0 atom stereocenters. The van der Waals surface area contributed by atoms with Crippen LogP contribution in [0.15, 0.2) is 30.3 Å². The van der Waals surface area contributed by atoms with Gasteiger partial charge in [-0.1, -0.05) is 30.3 Å². The third-order valence-electron chi connectivity index (χ3n) is 2.51. The van der Waals surface area contributed by atoms with E-state index >= 15 is 0 Å². The first kappa shape index (κ1) is 8.11. The van der Waals surface area contributed by atoms with Gasteiger partial charge in [0.1, 0.15) is 0 Å². The van der Waals surface area contributed by atoms with Crippen molar-refractivity contribution in [1.82, 2.24) is 0 Å². The number of hydrogen-bond acceptors (Lipinski definition) is 1. The van der Waals surface area contributed by atoms with Gasteiger partial charge in [-0.25, -0.2) is 0 Å². The van der Waals surface area contributed by atoms with E-state index in [0.717, 1.165) is 11.3 Å². The summed E-state index contributed by atoms with van der Waals surface area (Å²) >= 11 is 0. The molecule has 2 N–H and O–H groups in total. The molecule has 1 heteroatoms. The van der Waals surface area contributed by atoms with Gasteiger partial charge in [0.2, 0.25) is 0 Å². The van der Waals surface area contributed by atoms with Crippen LogP contribution in [0.5, 0.6) is 0 Å². The third-order valence-corrected chi connectivity index (χ3v) is 2.51. The van der Waals surface area contributed by atoms with E-state index in [1.165, 1.54) is 16.3 Å². The predicted molar refractivity (Wildman–Crippen MR) is 57.8 cm³/mol. The summed E-state index contributed by atoms with van der Waals surface area (Å²) in [5.74, 6) is 0. The molecule has 0 bridgehead atoms. The summed E-state index contributed by atoms with van der Waals surface area (Å²) in [6.45, 7) is 4.14. The molecule has 2 rings (SSSR count). The van der Waals surface area contributed by atoms with Gasteiger partial charge in [-0.2, -0.15) is 0 Å². The maximum absolute atomic E-state index is 6.02. The van der Waals surface area contributed by atoms with Crippen LogP contribution in [0.4, 0.5) is 5.69 Å². The van der Waals surface area contributed by atoms with Crippen LogP contribution in [0, 0.1) is 13.8 Å². The predicted octanol–water partition coefficient (Wildman–Crippen LogP) is 3.04. The maximum Gasteiger partial charge on any atom is 0.0426 e. The summed E-state index contributed by atoms with van der Waals surface area (Å²) in [7, 11) is 0. The van der Waals surface area contributed by atoms with Crippen molar-refractivity contribution in [3.8, 4) is 0 Å². The lowest BCUT2D eigenvalue weighted by Crippen LogP contribution is -1.92. The topological polar surface area (TPSA) is 26.0 Å². The first-order valence-corrected chi connectivity index (χ1v) is 4.44. The van der Waals surface area contributed by atoms with Crippen molar-refractivity contribution in [1.29, 1.82) is 0 Å². The second kappa shape index (κ2) is 2.77. The van der Waals surface area contributed by atoms with Crippen molar-refractivity contribution in [2.45, 2.75) is 13.8 Å². The SMILES string of the molecule is Cc1ccc2cccc(C)c2c1N. The molecule has 0 aliphatic carbocycles. The molecular weight excluding hydrogens is 158 g/mol. The molecule has 0 amide bonds. The Hall–Kier alpha value is -1.50. The maximum atomic E-state index is 6.02. The average Bonchev–Trinajstić information content (AvgIpc) is 2.12. The fraction of sp³-hybridized carbons (Fsp3) is 0.167. The third kappa shape index (κ3) is 1.17. The molecule has 0 fully saturated rings. The van der Waals surface area contributed by atoms with Crippen LogP contribution in [0.25, 0.3) is 10.8 Å². The van der Waals surface area contributed by atoms with Gasteiger partial charge in [-0.3, -0.25) is 0 Å². The van der Waals surface area contributed by atoms with Crippen LogP contribution in [0.1, 0.15) is 11.1 Å². The van der Waals surface area contributed by atoms with Crippen molar-refractivity contribution < 1.29 is 0 Å². The number of rotatable bonds is 0. The van der Waals surface area contributed by atoms with E-state index in [1.54, 1.807) is 0 Å². The van der Waals surface area contributed by atoms with Crippen LogP contribution < -0.4 is 5.73 Å². The number of fused-ring (bicyclic) bond motifs is 1. The Morgan fingerprint density at radius 1 is 0.923 bits per heavy atom. The molecule has 0 aliphatic heterocycles. The zero-order chi connectivity index (χ0) is 9.42. The van der Waals surface area contributed by atoms with Crippen LogP contribution >= 0.6 is 0 Å². The van der Waals surface area contributed by atoms with Gasteiger partial charge in [0.25, 0.3) is 0 Å². The highest BCUT2D eigenvalue weighted by Gasteiger charge is 2.02. The molecule has 13 heavy (non-hydrogen) atoms. The van der Waals surface area contributed by atoms with Crippen LogP contribution in [-0.2, 0) is 0 Å². The lowest BCUT2D eigenvalue weighted by Gasteiger charge is -2.07. The van der Waals surface area contributed by atoms with E-state index in [2.05, 4.69) is 37.3 Å². The summed E-state index contributed by atoms with van der Waals surface area (Å²) in [6, 6.07) is 10.4. The molecule has 66 valence electrons. The zero-order valence-electron chi connectivity index (χ0n) is 7.96. The normalized spacial score (nSPS) is 10.6. The summed E-state index contributed by atoms with van der Waals surface area (Å²) < 4.78 is 0. The second-order valence-corrected chi connectivity index (χ2v) is 3.47. The lowest BCUT2D eigenvalue weighted by molar-refractivity contribution is 1.47. The van der Waals surface area contributed by atoms with E-state index in [9.17, 15) is 0 Å². The monoisotopic (exact) mass is 171 g/mol. The van der Waals surface area contributed by atoms with Gasteiger partial charge >= 0.3 is 0 Å². The largest absolute Gasteiger partial charge is 0.398 e. The highest BCUT2D eigenvalue weighted by atomic mass is 14.6. The first-order valence-electron chi connectivity index (χ1n) is 4.44. The van der Waals surface area contributed by atoms with Gasteiger partial charge < -0.3 is 5.73 Å². The van der Waals surface area contributed by atoms with Gasteiger partial charge in [0.05, 0.1) is 0 Å². The standard InChI is InChI=1S/C12H13N/c1-8-4-3-5-10-7-6-9(2)12(13)11(8)10/h3-7H,13H2,1-2H3. The molecule has 0 unspecified atom stereocenters. The minimum atomic E-state index is 0.913. The summed E-state index contributed by atoms with van der Waals surface area (Å²) in [4.78, 5) is 0. The smallest absolute Gasteiger partial charge is 0.0426 e. The molecule has 0 radical (unpaired) electrons. The van der Waals surface area contributed by atoms with E-state index in [0.29, 0.717) is 0 Å². The molecule has 0 saturated carbocycles. The van der Waals surface area contributed by atoms with Crippen molar-refractivity contribution in [2.75, 3.05) is 5.73 Å². The fourth-order valence-electron chi connectivity index (χ4n) is 1.70. The zero-order valence-corrected chi connectivity index (χ0v) is 7.96. The minimum Gasteiger partial charge on any atom is -0.398 e. The second-order valence-electron chi connectivity index (χ2n) is 3.47. The molecule has 0 aliphatic rings. The number of nitrogen functional groups attached to an aromatic ring is 1. The van der Waals surface area contributed by atoms with E-state index in [1.807, 2.05) is 6.92 Å². The van der Waals surface area contributed by atoms with Crippen LogP contribution in [0.3, 0.4) is 0 Å². The van der Waals surface area contributed by atoms with E-state index in [-0.39, 0.29) is 0 Å². The first-order chi connectivity index (χ1) is 6.20. The van der Waals surface area contributed by atoms with E-state index < -0.39 is 0 Å². The highest BCUT2D eigenvalue weighted by molar-refractivity contribution is 5.96. The Kier molecular flexibility index (Phi) is 1.73. The Morgan fingerprint density at radius 2 is 1.69 bits per heavy atom. The molecule has 0 spiro atoms. The van der Waals surface area contributed by atoms with Crippen molar-refractivity contribution >= 4 is 16.5 Å². The summed E-state index contributed by atoms with van der Waals surface area (Å²) in [5, 5.41) is 2.42. The molecule has 2 aromatic carbocycles. The highest BCUT2D eigenvalue weighted by Crippen LogP contribution is 2.26. The average molecular weight is 171 g/mol. The van der Waals surface area contributed by atoms with Crippen molar-refractivity contribution in [3.05, 3.63) is 41.5 Å². The molecule has 0 aromatic heterocycles. The van der Waals surface area contributed by atoms with Crippen LogP contribution in [0.2, 0.25) is 0 Å². The van der Waals surface area contributed by atoms with Gasteiger partial charge in [-0.05, 0) is 30.4 Å². The molecule has 0 heterocycles. The fourth-order valence-corrected chi connectivity index (χ4v) is 1.70. The summed E-state index contributed by atoms with van der Waals surface area (Å²) in [6.07, 6.45) is 0. The number of hydrogen-bond donors (Lipinski definition) is 1. The molecule has 2 aromatic rings. The van der Waals surface area contributed by atoms with Crippen molar-refractivity contribution in [3.63, 3.8) is 0 Å². The Bertz CT molecular complexity index is 458. The molecular formula is C12H13N. The Balaban J connectivity index is 2.97. The van der Waals surface area contributed by atoms with Gasteiger partial charge in [0.15, 0.2) is 0 Å². The number of anilines is 1.